The number of nitrogens with one attached hydrogen (secondary N) is 2. The fourth-order valence-corrected chi connectivity index (χ4v) is 5.20. The van der Waals surface area contributed by atoms with Gasteiger partial charge in [-0.2, -0.15) is 5.10 Å². The van der Waals surface area contributed by atoms with Crippen molar-refractivity contribution in [3.63, 3.8) is 0 Å². The average Bonchev–Trinajstić information content (AvgIpc) is 3.19. The fourth-order valence-electron chi connectivity index (χ4n) is 4.70. The van der Waals surface area contributed by atoms with Crippen LogP contribution in [-0.2, 0) is 28.3 Å². The lowest BCUT2D eigenvalue weighted by atomic mass is 9.93. The van der Waals surface area contributed by atoms with E-state index in [1.165, 1.54) is 44.7 Å². The topological polar surface area (TPSA) is 135 Å². The number of carbonyl (C=O) groups excluding carboxylic acids is 1. The van der Waals surface area contributed by atoms with Gasteiger partial charge in [0.2, 0.25) is 15.9 Å². The lowest BCUT2D eigenvalue weighted by Crippen LogP contribution is -2.29. The summed E-state index contributed by atoms with van der Waals surface area (Å²) in [6.07, 6.45) is 0.981. The van der Waals surface area contributed by atoms with Gasteiger partial charge in [-0.15, -0.1) is 0 Å². The maximum absolute atomic E-state index is 14.1. The zero-order valence-electron chi connectivity index (χ0n) is 24.4. The molecule has 43 heavy (non-hydrogen) atoms. The summed E-state index contributed by atoms with van der Waals surface area (Å²) in [6.45, 7) is 4.35. The highest BCUT2D eigenvalue weighted by molar-refractivity contribution is 7.92. The quantitative estimate of drug-likeness (QED) is 0.258. The van der Waals surface area contributed by atoms with Gasteiger partial charge in [0, 0.05) is 31.2 Å². The van der Waals surface area contributed by atoms with E-state index in [2.05, 4.69) is 27.0 Å². The monoisotopic (exact) mass is 611 g/mol. The molecule has 0 unspecified atom stereocenters. The van der Waals surface area contributed by atoms with Crippen LogP contribution in [0.4, 0.5) is 14.6 Å². The molecule has 0 aliphatic heterocycles. The number of fused-ring (bicyclic) bond motifs is 1. The molecule has 13 heteroatoms. The van der Waals surface area contributed by atoms with Crippen molar-refractivity contribution in [2.45, 2.75) is 38.8 Å². The van der Waals surface area contributed by atoms with Crippen LogP contribution in [0.15, 0.2) is 42.5 Å². The highest BCUT2D eigenvalue weighted by atomic mass is 32.2. The van der Waals surface area contributed by atoms with E-state index >= 15 is 0 Å². The summed E-state index contributed by atoms with van der Waals surface area (Å²) in [6, 6.07) is 8.96. The zero-order valence-corrected chi connectivity index (χ0v) is 25.2. The summed E-state index contributed by atoms with van der Waals surface area (Å²) >= 11 is 0. The number of aryl methyl sites for hydroxylation is 1. The van der Waals surface area contributed by atoms with Gasteiger partial charge in [-0.3, -0.25) is 14.2 Å². The second-order valence-electron chi connectivity index (χ2n) is 10.6. The predicted octanol–water partition coefficient (Wildman–Crippen LogP) is 3.84. The Hall–Kier alpha value is -4.54. The number of methoxy groups -OCH3 is 1. The Morgan fingerprint density at radius 2 is 1.79 bits per heavy atom. The van der Waals surface area contributed by atoms with Crippen molar-refractivity contribution in [2.24, 2.45) is 7.05 Å². The number of carbonyl (C=O) groups is 1. The molecule has 1 amide bonds. The lowest BCUT2D eigenvalue weighted by molar-refractivity contribution is -0.119. The van der Waals surface area contributed by atoms with E-state index in [0.29, 0.717) is 33.5 Å². The molecule has 3 N–H and O–H groups in total. The van der Waals surface area contributed by atoms with Crippen molar-refractivity contribution < 1.29 is 31.8 Å². The first kappa shape index (κ1) is 31.4. The van der Waals surface area contributed by atoms with Gasteiger partial charge >= 0.3 is 0 Å². The number of benzene rings is 2. The van der Waals surface area contributed by atoms with Crippen molar-refractivity contribution in [3.8, 4) is 28.7 Å². The number of anilines is 1. The van der Waals surface area contributed by atoms with Gasteiger partial charge in [-0.05, 0) is 68.2 Å². The van der Waals surface area contributed by atoms with Gasteiger partial charge in [-0.25, -0.2) is 22.2 Å². The highest BCUT2D eigenvalue weighted by Crippen LogP contribution is 2.41. The zero-order chi connectivity index (χ0) is 31.7. The maximum Gasteiger partial charge on any atom is 0.231 e. The molecule has 0 saturated heterocycles. The van der Waals surface area contributed by atoms with Crippen LogP contribution < -0.4 is 14.8 Å². The molecule has 2 aromatic carbocycles. The Balaban J connectivity index is 2.02. The minimum absolute atomic E-state index is 0.0256. The normalized spacial score (nSPS) is 12.4. The Morgan fingerprint density at radius 3 is 2.37 bits per heavy atom. The molecule has 0 fully saturated rings. The Morgan fingerprint density at radius 1 is 1.14 bits per heavy atom. The standard InChI is InChI=1S/C30H31F2N5O5S/c1-17(38)33-24(15-18-13-19(31)16-20(32)14-18)27-22(8-7-21(34-27)11-12-30(2,3)39)23-9-10-25(42-5)26-28(23)37(4)35-29(26)36-43(6,40)41/h7-10,13-14,16,24,39H,15H2,1-6H3,(H,33,38)(H,35,36)/t24-/m0/s1. The number of aliphatic hydroxyl groups is 1. The molecule has 0 saturated carbocycles. The summed E-state index contributed by atoms with van der Waals surface area (Å²) < 4.78 is 61.9. The second-order valence-corrected chi connectivity index (χ2v) is 12.3. The molecule has 10 nitrogen and oxygen atoms in total. The van der Waals surface area contributed by atoms with Crippen LogP contribution in [0, 0.1) is 23.5 Å². The maximum atomic E-state index is 14.1. The van der Waals surface area contributed by atoms with Crippen molar-refractivity contribution in [3.05, 3.63) is 71.1 Å². The number of sulfonamides is 1. The molecule has 4 rings (SSSR count). The van der Waals surface area contributed by atoms with Gasteiger partial charge in [0.25, 0.3) is 0 Å². The second kappa shape index (κ2) is 12.0. The molecule has 0 aliphatic carbocycles. The smallest absolute Gasteiger partial charge is 0.231 e. The van der Waals surface area contributed by atoms with E-state index in [4.69, 9.17) is 9.72 Å². The third kappa shape index (κ3) is 7.65. The van der Waals surface area contributed by atoms with Crippen LogP contribution in [0.25, 0.3) is 22.0 Å². The first-order valence-electron chi connectivity index (χ1n) is 13.0. The Labute approximate surface area is 248 Å². The number of aromatic nitrogens is 3. The minimum Gasteiger partial charge on any atom is -0.496 e. The van der Waals surface area contributed by atoms with Crippen molar-refractivity contribution in [1.29, 1.82) is 0 Å². The van der Waals surface area contributed by atoms with Crippen molar-refractivity contribution >= 4 is 32.7 Å². The third-order valence-electron chi connectivity index (χ3n) is 6.23. The molecular formula is C30H31F2N5O5S. The third-order valence-corrected chi connectivity index (χ3v) is 6.80. The van der Waals surface area contributed by atoms with E-state index in [-0.39, 0.29) is 23.5 Å². The number of hydrogen-bond donors (Lipinski definition) is 3. The number of amides is 1. The number of pyridine rings is 1. The summed E-state index contributed by atoms with van der Waals surface area (Å²) in [5, 5.41) is 17.7. The van der Waals surface area contributed by atoms with Crippen LogP contribution in [-0.4, -0.2) is 53.2 Å². The van der Waals surface area contributed by atoms with Crippen molar-refractivity contribution in [1.82, 2.24) is 20.1 Å². The van der Waals surface area contributed by atoms with Crippen LogP contribution in [0.1, 0.15) is 43.8 Å². The van der Waals surface area contributed by atoms with Crippen LogP contribution in [0.3, 0.4) is 0 Å². The predicted molar refractivity (Wildman–Crippen MR) is 159 cm³/mol. The van der Waals surface area contributed by atoms with Gasteiger partial charge in [-0.1, -0.05) is 5.92 Å². The molecule has 4 aromatic rings. The summed E-state index contributed by atoms with van der Waals surface area (Å²) in [5.74, 6) is 3.99. The molecule has 226 valence electrons. The van der Waals surface area contributed by atoms with Crippen molar-refractivity contribution in [2.75, 3.05) is 18.1 Å². The largest absolute Gasteiger partial charge is 0.496 e. The molecule has 2 heterocycles. The first-order chi connectivity index (χ1) is 20.0. The molecule has 1 atom stereocenters. The number of halogens is 2. The average molecular weight is 612 g/mol. The highest BCUT2D eigenvalue weighted by Gasteiger charge is 2.26. The summed E-state index contributed by atoms with van der Waals surface area (Å²) in [5.41, 5.74) is 1.10. The van der Waals surface area contributed by atoms with Crippen LogP contribution in [0.5, 0.6) is 5.75 Å². The van der Waals surface area contributed by atoms with Gasteiger partial charge in [0.1, 0.15) is 28.7 Å². The van der Waals surface area contributed by atoms with E-state index < -0.39 is 39.2 Å². The SMILES string of the molecule is COc1ccc(-c2ccc(C#CC(C)(C)O)nc2[C@H](Cc2cc(F)cc(F)c2)NC(C)=O)c2c1c(NS(C)(=O)=O)nn2C. The Bertz CT molecular complexity index is 1870. The molecular weight excluding hydrogens is 580 g/mol. The first-order valence-corrected chi connectivity index (χ1v) is 14.9. The van der Waals surface area contributed by atoms with Crippen LogP contribution in [0.2, 0.25) is 0 Å². The molecule has 0 spiro atoms. The molecule has 2 aromatic heterocycles. The summed E-state index contributed by atoms with van der Waals surface area (Å²) in [4.78, 5) is 17.1. The van der Waals surface area contributed by atoms with Crippen LogP contribution >= 0.6 is 0 Å². The molecule has 0 bridgehead atoms. The van der Waals surface area contributed by atoms with E-state index in [1.807, 2.05) is 0 Å². The minimum atomic E-state index is -3.70. The Kier molecular flexibility index (Phi) is 8.75. The number of hydrogen-bond acceptors (Lipinski definition) is 7. The van der Waals surface area contributed by atoms with Gasteiger partial charge in [0.05, 0.1) is 36.0 Å². The van der Waals surface area contributed by atoms with E-state index in [9.17, 15) is 27.1 Å². The van der Waals surface area contributed by atoms with E-state index in [1.54, 1.807) is 31.3 Å². The number of nitrogens with zero attached hydrogens (tertiary/aromatic N) is 3. The lowest BCUT2D eigenvalue weighted by Gasteiger charge is -2.22. The summed E-state index contributed by atoms with van der Waals surface area (Å²) in [7, 11) is -0.618. The molecule has 0 radical (unpaired) electrons. The number of ether oxygens (including phenoxy) is 1. The number of rotatable bonds is 8. The van der Waals surface area contributed by atoms with Gasteiger partial charge in [0.15, 0.2) is 5.82 Å². The van der Waals surface area contributed by atoms with Gasteiger partial charge < -0.3 is 15.2 Å². The van der Waals surface area contributed by atoms with E-state index in [0.717, 1.165) is 12.3 Å². The fraction of sp³-hybridized carbons (Fsp3) is 0.300. The molecule has 0 aliphatic rings.